The Balaban J connectivity index is 1.61. The van der Waals surface area contributed by atoms with Crippen LogP contribution in [0.4, 0.5) is 0 Å². The van der Waals surface area contributed by atoms with Crippen LogP contribution in [0.15, 0.2) is 21.7 Å². The van der Waals surface area contributed by atoms with Crippen LogP contribution in [0, 0.1) is 5.92 Å². The third kappa shape index (κ3) is 3.53. The molecule has 2 heterocycles. The number of thiophene rings is 1. The highest BCUT2D eigenvalue weighted by Gasteiger charge is 2.35. The molecule has 7 heteroatoms. The molecule has 1 saturated carbocycles. The van der Waals surface area contributed by atoms with Crippen molar-refractivity contribution in [2.24, 2.45) is 5.92 Å². The van der Waals surface area contributed by atoms with Crippen molar-refractivity contribution in [1.82, 2.24) is 9.21 Å². The molecule has 1 aromatic rings. The molecule has 5 nitrogen and oxygen atoms in total. The minimum absolute atomic E-state index is 0.0275. The zero-order valence-electron chi connectivity index (χ0n) is 14.2. The molecule has 134 valence electrons. The fourth-order valence-corrected chi connectivity index (χ4v) is 6.54. The maximum absolute atomic E-state index is 12.9. The van der Waals surface area contributed by atoms with E-state index in [9.17, 15) is 13.2 Å². The Kier molecular flexibility index (Phi) is 5.62. The van der Waals surface area contributed by atoms with Crippen molar-refractivity contribution >= 4 is 27.3 Å². The maximum Gasteiger partial charge on any atom is 0.252 e. The normalized spacial score (nSPS) is 21.2. The molecule has 0 N–H and O–H groups in total. The Bertz CT molecular complexity index is 643. The summed E-state index contributed by atoms with van der Waals surface area (Å²) in [5.41, 5.74) is 0. The summed E-state index contributed by atoms with van der Waals surface area (Å²) in [6.45, 7) is 3.70. The zero-order chi connectivity index (χ0) is 17.2. The van der Waals surface area contributed by atoms with E-state index in [2.05, 4.69) is 0 Å². The predicted molar refractivity (Wildman–Crippen MR) is 95.4 cm³/mol. The lowest BCUT2D eigenvalue weighted by molar-refractivity contribution is -0.138. The van der Waals surface area contributed by atoms with Crippen LogP contribution in [0.1, 0.15) is 45.4 Å². The fraction of sp³-hybridized carbons (Fsp3) is 0.706. The second-order valence-electron chi connectivity index (χ2n) is 6.67. The van der Waals surface area contributed by atoms with E-state index in [1.807, 2.05) is 11.8 Å². The summed E-state index contributed by atoms with van der Waals surface area (Å²) in [4.78, 5) is 14.9. The van der Waals surface area contributed by atoms with Gasteiger partial charge in [0.1, 0.15) is 4.21 Å². The van der Waals surface area contributed by atoms with Crippen molar-refractivity contribution in [3.05, 3.63) is 17.5 Å². The van der Waals surface area contributed by atoms with Crippen LogP contribution in [0.25, 0.3) is 0 Å². The van der Waals surface area contributed by atoms with Gasteiger partial charge in [0.25, 0.3) is 10.0 Å². The van der Waals surface area contributed by atoms with Crippen molar-refractivity contribution in [3.63, 3.8) is 0 Å². The molecule has 0 radical (unpaired) electrons. The summed E-state index contributed by atoms with van der Waals surface area (Å²) in [5.74, 6) is 0.206. The van der Waals surface area contributed by atoms with Gasteiger partial charge in [0.05, 0.1) is 0 Å². The minimum Gasteiger partial charge on any atom is -0.340 e. The van der Waals surface area contributed by atoms with Gasteiger partial charge in [0.15, 0.2) is 0 Å². The standard InChI is InChI=1S/C17H26N2O3S2/c1-2-19(15-6-3-4-7-15)17(20)14-9-11-18(12-10-14)24(21,22)16-8-5-13-23-16/h5,8,13-15H,2-4,6-7,9-12H2,1H3. The van der Waals surface area contributed by atoms with Crippen LogP contribution in [0.5, 0.6) is 0 Å². The average molecular weight is 371 g/mol. The molecule has 1 aliphatic heterocycles. The van der Waals surface area contributed by atoms with Gasteiger partial charge in [-0.3, -0.25) is 4.79 Å². The molecule has 2 fully saturated rings. The van der Waals surface area contributed by atoms with Crippen molar-refractivity contribution in [2.45, 2.75) is 55.7 Å². The molecule has 2 aliphatic rings. The SMILES string of the molecule is CCN(C(=O)C1CCN(S(=O)(=O)c2cccs2)CC1)C1CCCC1. The number of carbonyl (C=O) groups is 1. The van der Waals surface area contributed by atoms with E-state index < -0.39 is 10.0 Å². The Hall–Kier alpha value is -0.920. The quantitative estimate of drug-likeness (QED) is 0.801. The van der Waals surface area contributed by atoms with Crippen molar-refractivity contribution in [3.8, 4) is 0 Å². The summed E-state index contributed by atoms with van der Waals surface area (Å²) < 4.78 is 27.1. The topological polar surface area (TPSA) is 57.7 Å². The van der Waals surface area contributed by atoms with Crippen LogP contribution in [0.2, 0.25) is 0 Å². The van der Waals surface area contributed by atoms with Gasteiger partial charge in [-0.15, -0.1) is 11.3 Å². The van der Waals surface area contributed by atoms with E-state index in [1.54, 1.807) is 17.5 Å². The van der Waals surface area contributed by atoms with E-state index in [4.69, 9.17) is 0 Å². The van der Waals surface area contributed by atoms with Gasteiger partial charge in [-0.25, -0.2) is 8.42 Å². The molecule has 0 unspecified atom stereocenters. The van der Waals surface area contributed by atoms with Gasteiger partial charge in [0, 0.05) is 31.6 Å². The zero-order valence-corrected chi connectivity index (χ0v) is 15.8. The highest BCUT2D eigenvalue weighted by Crippen LogP contribution is 2.30. The minimum atomic E-state index is -3.38. The summed E-state index contributed by atoms with van der Waals surface area (Å²) in [6, 6.07) is 3.81. The summed E-state index contributed by atoms with van der Waals surface area (Å²) >= 11 is 1.25. The maximum atomic E-state index is 12.9. The smallest absolute Gasteiger partial charge is 0.252 e. The van der Waals surface area contributed by atoms with Crippen molar-refractivity contribution < 1.29 is 13.2 Å². The Morgan fingerprint density at radius 3 is 2.46 bits per heavy atom. The van der Waals surface area contributed by atoms with Gasteiger partial charge < -0.3 is 4.90 Å². The van der Waals surface area contributed by atoms with Crippen molar-refractivity contribution in [1.29, 1.82) is 0 Å². The summed E-state index contributed by atoms with van der Waals surface area (Å²) in [6.07, 6.45) is 5.92. The molecule has 1 saturated heterocycles. The lowest BCUT2D eigenvalue weighted by Gasteiger charge is -2.35. The number of hydrogen-bond acceptors (Lipinski definition) is 4. The number of sulfonamides is 1. The Labute approximate surface area is 148 Å². The van der Waals surface area contributed by atoms with Crippen LogP contribution in [-0.4, -0.2) is 49.2 Å². The van der Waals surface area contributed by atoms with Crippen LogP contribution in [0.3, 0.4) is 0 Å². The van der Waals surface area contributed by atoms with Gasteiger partial charge in [0.2, 0.25) is 5.91 Å². The number of hydrogen-bond donors (Lipinski definition) is 0. The predicted octanol–water partition coefficient (Wildman–Crippen LogP) is 2.94. The van der Waals surface area contributed by atoms with Crippen LogP contribution >= 0.6 is 11.3 Å². The monoisotopic (exact) mass is 370 g/mol. The van der Waals surface area contributed by atoms with Gasteiger partial charge in [-0.1, -0.05) is 18.9 Å². The number of nitrogens with zero attached hydrogens (tertiary/aromatic N) is 2. The fourth-order valence-electron chi connectivity index (χ4n) is 3.93. The molecule has 1 amide bonds. The number of piperidine rings is 1. The van der Waals surface area contributed by atoms with E-state index in [-0.39, 0.29) is 11.8 Å². The molecule has 1 aromatic heterocycles. The molecular weight excluding hydrogens is 344 g/mol. The number of carbonyl (C=O) groups excluding carboxylic acids is 1. The first-order chi connectivity index (χ1) is 11.5. The van der Waals surface area contributed by atoms with E-state index >= 15 is 0 Å². The highest BCUT2D eigenvalue weighted by atomic mass is 32.2. The second-order valence-corrected chi connectivity index (χ2v) is 9.79. The third-order valence-electron chi connectivity index (χ3n) is 5.28. The average Bonchev–Trinajstić information content (AvgIpc) is 3.29. The van der Waals surface area contributed by atoms with E-state index in [0.29, 0.717) is 36.2 Å². The van der Waals surface area contributed by atoms with Crippen LogP contribution < -0.4 is 0 Å². The summed E-state index contributed by atoms with van der Waals surface area (Å²) in [5, 5.41) is 1.78. The first-order valence-electron chi connectivity index (χ1n) is 8.88. The van der Waals surface area contributed by atoms with Gasteiger partial charge >= 0.3 is 0 Å². The van der Waals surface area contributed by atoms with Crippen molar-refractivity contribution in [2.75, 3.05) is 19.6 Å². The molecule has 3 rings (SSSR count). The molecular formula is C17H26N2O3S2. The first-order valence-corrected chi connectivity index (χ1v) is 11.2. The third-order valence-corrected chi connectivity index (χ3v) is 8.55. The molecule has 0 atom stereocenters. The second kappa shape index (κ2) is 7.54. The Morgan fingerprint density at radius 2 is 1.92 bits per heavy atom. The van der Waals surface area contributed by atoms with Gasteiger partial charge in [-0.2, -0.15) is 4.31 Å². The lowest BCUT2D eigenvalue weighted by Crippen LogP contribution is -2.46. The lowest BCUT2D eigenvalue weighted by atomic mass is 9.95. The first kappa shape index (κ1) is 17.9. The van der Waals surface area contributed by atoms with E-state index in [1.165, 1.54) is 28.5 Å². The number of rotatable bonds is 5. The summed E-state index contributed by atoms with van der Waals surface area (Å²) in [7, 11) is -3.38. The number of amides is 1. The highest BCUT2D eigenvalue weighted by molar-refractivity contribution is 7.91. The molecule has 0 aromatic carbocycles. The Morgan fingerprint density at radius 1 is 1.25 bits per heavy atom. The van der Waals surface area contributed by atoms with Crippen LogP contribution in [-0.2, 0) is 14.8 Å². The van der Waals surface area contributed by atoms with Gasteiger partial charge in [-0.05, 0) is 44.1 Å². The molecule has 1 aliphatic carbocycles. The molecule has 0 spiro atoms. The van der Waals surface area contributed by atoms with E-state index in [0.717, 1.165) is 19.4 Å². The largest absolute Gasteiger partial charge is 0.340 e. The molecule has 24 heavy (non-hydrogen) atoms. The molecule has 0 bridgehead atoms.